The van der Waals surface area contributed by atoms with Crippen molar-refractivity contribution >= 4 is 22.4 Å². The first-order valence-electron chi connectivity index (χ1n) is 10.8. The Kier molecular flexibility index (Phi) is 5.17. The Labute approximate surface area is 182 Å². The van der Waals surface area contributed by atoms with Gasteiger partial charge in [0.15, 0.2) is 0 Å². The minimum absolute atomic E-state index is 0.339. The third-order valence-electron chi connectivity index (χ3n) is 6.24. The van der Waals surface area contributed by atoms with Gasteiger partial charge in [0.2, 0.25) is 0 Å². The molecule has 4 aromatic rings. The number of anilines is 1. The van der Waals surface area contributed by atoms with Crippen molar-refractivity contribution in [1.82, 2.24) is 0 Å². The van der Waals surface area contributed by atoms with E-state index in [1.54, 1.807) is 12.1 Å². The van der Waals surface area contributed by atoms with Gasteiger partial charge in [0.1, 0.15) is 0 Å². The maximum atomic E-state index is 11.1. The summed E-state index contributed by atoms with van der Waals surface area (Å²) in [6.45, 7) is 1.97. The summed E-state index contributed by atoms with van der Waals surface area (Å²) in [5.41, 5.74) is 7.04. The highest BCUT2D eigenvalue weighted by molar-refractivity contribution is 5.87. The molecule has 1 aliphatic rings. The smallest absolute Gasteiger partial charge is 0.335 e. The highest BCUT2D eigenvalue weighted by Gasteiger charge is 2.22. The van der Waals surface area contributed by atoms with E-state index in [0.717, 1.165) is 32.4 Å². The molecule has 0 radical (unpaired) electrons. The Bertz CT molecular complexity index is 1240. The maximum absolute atomic E-state index is 11.1. The summed E-state index contributed by atoms with van der Waals surface area (Å²) in [4.78, 5) is 13.6. The van der Waals surface area contributed by atoms with E-state index in [1.807, 2.05) is 12.1 Å². The number of carbonyl (C=O) groups is 1. The van der Waals surface area contributed by atoms with Crippen molar-refractivity contribution in [3.63, 3.8) is 0 Å². The SMILES string of the molecule is O=C(O)c1ccc(CCc2cccc3c2N(Cc2ccc4ccccc4c2)CC3)cc1. The minimum atomic E-state index is -0.878. The van der Waals surface area contributed by atoms with E-state index in [9.17, 15) is 4.79 Å². The predicted octanol–water partition coefficient (Wildman–Crippen LogP) is 5.89. The lowest BCUT2D eigenvalue weighted by Gasteiger charge is -2.23. The Morgan fingerprint density at radius 2 is 1.58 bits per heavy atom. The van der Waals surface area contributed by atoms with Crippen molar-refractivity contribution < 1.29 is 9.90 Å². The molecule has 1 heterocycles. The predicted molar refractivity (Wildman–Crippen MR) is 126 cm³/mol. The van der Waals surface area contributed by atoms with Crippen molar-refractivity contribution in [3.8, 4) is 0 Å². The summed E-state index contributed by atoms with van der Waals surface area (Å²) in [7, 11) is 0. The fourth-order valence-electron chi connectivity index (χ4n) is 4.63. The average molecular weight is 408 g/mol. The number of fused-ring (bicyclic) bond motifs is 2. The van der Waals surface area contributed by atoms with Crippen LogP contribution in [0.2, 0.25) is 0 Å². The average Bonchev–Trinajstić information content (AvgIpc) is 3.21. The topological polar surface area (TPSA) is 40.5 Å². The first-order chi connectivity index (χ1) is 15.2. The summed E-state index contributed by atoms with van der Waals surface area (Å²) >= 11 is 0. The molecule has 1 N–H and O–H groups in total. The third kappa shape index (κ3) is 4.04. The van der Waals surface area contributed by atoms with Gasteiger partial charge in [0.25, 0.3) is 0 Å². The molecule has 1 aliphatic heterocycles. The number of nitrogens with zero attached hydrogens (tertiary/aromatic N) is 1. The van der Waals surface area contributed by atoms with Gasteiger partial charge in [-0.2, -0.15) is 0 Å². The lowest BCUT2D eigenvalue weighted by atomic mass is 9.99. The zero-order valence-electron chi connectivity index (χ0n) is 17.4. The van der Waals surface area contributed by atoms with Crippen molar-refractivity contribution in [2.24, 2.45) is 0 Å². The maximum Gasteiger partial charge on any atom is 0.335 e. The van der Waals surface area contributed by atoms with Gasteiger partial charge in [0.05, 0.1) is 5.56 Å². The van der Waals surface area contributed by atoms with Gasteiger partial charge in [0, 0.05) is 18.8 Å². The molecule has 0 aromatic heterocycles. The molecule has 0 bridgehead atoms. The van der Waals surface area contributed by atoms with Crippen molar-refractivity contribution in [2.45, 2.75) is 25.8 Å². The quantitative estimate of drug-likeness (QED) is 0.433. The van der Waals surface area contributed by atoms with Crippen LogP contribution in [0.15, 0.2) is 84.9 Å². The lowest BCUT2D eigenvalue weighted by Crippen LogP contribution is -2.21. The van der Waals surface area contributed by atoms with Crippen molar-refractivity contribution in [3.05, 3.63) is 113 Å². The molecule has 154 valence electrons. The molecular weight excluding hydrogens is 382 g/mol. The molecule has 0 fully saturated rings. The van der Waals surface area contributed by atoms with Gasteiger partial charge in [-0.25, -0.2) is 4.79 Å². The largest absolute Gasteiger partial charge is 0.478 e. The van der Waals surface area contributed by atoms with Gasteiger partial charge in [-0.05, 0) is 70.5 Å². The molecule has 3 heteroatoms. The number of para-hydroxylation sites is 1. The van der Waals surface area contributed by atoms with Crippen LogP contribution < -0.4 is 4.90 Å². The number of aryl methyl sites for hydroxylation is 2. The zero-order valence-corrected chi connectivity index (χ0v) is 17.4. The van der Waals surface area contributed by atoms with Crippen LogP contribution in [-0.4, -0.2) is 17.6 Å². The molecule has 0 aliphatic carbocycles. The Morgan fingerprint density at radius 3 is 2.39 bits per heavy atom. The summed E-state index contributed by atoms with van der Waals surface area (Å²) < 4.78 is 0. The summed E-state index contributed by atoms with van der Waals surface area (Å²) in [5.74, 6) is -0.878. The Morgan fingerprint density at radius 1 is 0.806 bits per heavy atom. The monoisotopic (exact) mass is 407 g/mol. The second kappa shape index (κ2) is 8.27. The van der Waals surface area contributed by atoms with Crippen LogP contribution in [-0.2, 0) is 25.8 Å². The van der Waals surface area contributed by atoms with E-state index in [0.29, 0.717) is 5.56 Å². The van der Waals surface area contributed by atoms with Crippen LogP contribution >= 0.6 is 0 Å². The second-order valence-corrected chi connectivity index (χ2v) is 8.28. The minimum Gasteiger partial charge on any atom is -0.478 e. The van der Waals surface area contributed by atoms with Crippen LogP contribution in [0.3, 0.4) is 0 Å². The number of rotatable bonds is 6. The van der Waals surface area contributed by atoms with E-state index in [1.165, 1.54) is 38.7 Å². The Balaban J connectivity index is 1.35. The van der Waals surface area contributed by atoms with E-state index >= 15 is 0 Å². The van der Waals surface area contributed by atoms with Gasteiger partial charge < -0.3 is 10.0 Å². The molecule has 31 heavy (non-hydrogen) atoms. The molecule has 3 nitrogen and oxygen atoms in total. The first-order valence-corrected chi connectivity index (χ1v) is 10.8. The number of aromatic carboxylic acids is 1. The summed E-state index contributed by atoms with van der Waals surface area (Å²) in [6.07, 6.45) is 2.94. The molecular formula is C28H25NO2. The van der Waals surface area contributed by atoms with Crippen LogP contribution in [0.25, 0.3) is 10.8 Å². The molecule has 0 saturated carbocycles. The second-order valence-electron chi connectivity index (χ2n) is 8.28. The van der Waals surface area contributed by atoms with Crippen LogP contribution in [0.1, 0.15) is 32.6 Å². The van der Waals surface area contributed by atoms with E-state index in [-0.39, 0.29) is 0 Å². The third-order valence-corrected chi connectivity index (χ3v) is 6.24. The zero-order chi connectivity index (χ0) is 21.2. The molecule has 4 aromatic carbocycles. The fraction of sp³-hybridized carbons (Fsp3) is 0.179. The van der Waals surface area contributed by atoms with Crippen LogP contribution in [0, 0.1) is 0 Å². The van der Waals surface area contributed by atoms with E-state index in [2.05, 4.69) is 65.6 Å². The number of hydrogen-bond acceptors (Lipinski definition) is 2. The van der Waals surface area contributed by atoms with Gasteiger partial charge >= 0.3 is 5.97 Å². The molecule has 0 saturated heterocycles. The van der Waals surface area contributed by atoms with Crippen molar-refractivity contribution in [2.75, 3.05) is 11.4 Å². The number of carboxylic acids is 1. The van der Waals surface area contributed by atoms with Crippen LogP contribution in [0.5, 0.6) is 0 Å². The van der Waals surface area contributed by atoms with Gasteiger partial charge in [-0.3, -0.25) is 0 Å². The lowest BCUT2D eigenvalue weighted by molar-refractivity contribution is 0.0697. The fourth-order valence-corrected chi connectivity index (χ4v) is 4.63. The molecule has 0 spiro atoms. The van der Waals surface area contributed by atoms with Gasteiger partial charge in [-0.15, -0.1) is 0 Å². The molecule has 0 atom stereocenters. The van der Waals surface area contributed by atoms with Crippen molar-refractivity contribution in [1.29, 1.82) is 0 Å². The molecule has 0 unspecified atom stereocenters. The summed E-state index contributed by atoms with van der Waals surface area (Å²) in [5, 5.41) is 11.7. The standard InChI is InChI=1S/C28H25NO2/c30-28(31)25-14-9-20(10-15-25)8-13-23-6-3-7-24-16-17-29(27(23)24)19-21-11-12-22-4-1-2-5-26(22)18-21/h1-7,9-12,14-15,18H,8,13,16-17,19H2,(H,30,31). The Hall–Kier alpha value is -3.59. The van der Waals surface area contributed by atoms with Gasteiger partial charge in [-0.1, -0.05) is 66.7 Å². The highest BCUT2D eigenvalue weighted by Crippen LogP contribution is 2.34. The normalized spacial score (nSPS) is 12.8. The number of benzene rings is 4. The number of hydrogen-bond donors (Lipinski definition) is 1. The van der Waals surface area contributed by atoms with E-state index < -0.39 is 5.97 Å². The summed E-state index contributed by atoms with van der Waals surface area (Å²) in [6, 6.07) is 29.2. The first kappa shape index (κ1) is 19.4. The molecule has 0 amide bonds. The van der Waals surface area contributed by atoms with E-state index in [4.69, 9.17) is 5.11 Å². The number of carboxylic acid groups (broad SMARTS) is 1. The van der Waals surface area contributed by atoms with Crippen LogP contribution in [0.4, 0.5) is 5.69 Å². The molecule has 5 rings (SSSR count). The highest BCUT2D eigenvalue weighted by atomic mass is 16.4.